The van der Waals surface area contributed by atoms with Gasteiger partial charge in [-0.2, -0.15) is 0 Å². The van der Waals surface area contributed by atoms with Gasteiger partial charge in [-0.05, 0) is 63.0 Å². The van der Waals surface area contributed by atoms with Crippen molar-refractivity contribution in [2.24, 2.45) is 0 Å². The van der Waals surface area contributed by atoms with Crippen molar-refractivity contribution in [1.82, 2.24) is 10.3 Å². The van der Waals surface area contributed by atoms with Crippen LogP contribution < -0.4 is 10.2 Å². The molecule has 1 aliphatic rings. The van der Waals surface area contributed by atoms with Crippen LogP contribution in [0.15, 0.2) is 155 Å². The van der Waals surface area contributed by atoms with Gasteiger partial charge < -0.3 is 19.1 Å². The van der Waals surface area contributed by atoms with Crippen LogP contribution in [-0.4, -0.2) is 4.98 Å². The maximum atomic E-state index is 6.64. The second-order valence-corrected chi connectivity index (χ2v) is 12.0. The van der Waals surface area contributed by atoms with Gasteiger partial charge in [0.05, 0.1) is 6.20 Å². The maximum Gasteiger partial charge on any atom is 0.162 e. The standard InChI is InChI=1S/C42H27N3O2/c1-3-13-29-26(10-1)12-9-17-31(29)34-23-28(22-27-11-2-4-14-30(27)34)45(36-25-43-24-35-32-15-5-7-18-37(32)47-41(35)36)42-40-33-16-6-8-19-38(33)46-39(40)20-21-44-42/h1-25,42,44H. The lowest BCUT2D eigenvalue weighted by molar-refractivity contribution is 0.559. The molecular formula is C42H27N3O2. The van der Waals surface area contributed by atoms with Gasteiger partial charge in [0.15, 0.2) is 5.58 Å². The average molecular weight is 606 g/mol. The molecule has 0 fully saturated rings. The molecule has 5 heteroatoms. The molecule has 1 aliphatic heterocycles. The normalized spacial score (nSPS) is 14.3. The summed E-state index contributed by atoms with van der Waals surface area (Å²) in [5.74, 6) is 0.833. The molecule has 9 aromatic rings. The highest BCUT2D eigenvalue weighted by molar-refractivity contribution is 6.11. The van der Waals surface area contributed by atoms with Crippen LogP contribution in [0.1, 0.15) is 17.5 Å². The first-order valence-electron chi connectivity index (χ1n) is 15.8. The van der Waals surface area contributed by atoms with E-state index < -0.39 is 0 Å². The number of nitrogens with zero attached hydrogens (tertiary/aromatic N) is 2. The zero-order chi connectivity index (χ0) is 30.9. The summed E-state index contributed by atoms with van der Waals surface area (Å²) in [6.45, 7) is 0. The molecule has 0 spiro atoms. The number of aromatic nitrogens is 1. The number of hydrogen-bond acceptors (Lipinski definition) is 5. The Labute approximate surface area is 270 Å². The van der Waals surface area contributed by atoms with Gasteiger partial charge in [0.1, 0.15) is 28.8 Å². The molecule has 0 radical (unpaired) electrons. The third-order valence-corrected chi connectivity index (χ3v) is 9.41. The summed E-state index contributed by atoms with van der Waals surface area (Å²) in [7, 11) is 0. The predicted octanol–water partition coefficient (Wildman–Crippen LogP) is 11.1. The van der Waals surface area contributed by atoms with Gasteiger partial charge in [-0.25, -0.2) is 0 Å². The first-order chi connectivity index (χ1) is 23.3. The van der Waals surface area contributed by atoms with Gasteiger partial charge in [0.2, 0.25) is 0 Å². The largest absolute Gasteiger partial charge is 0.456 e. The SMILES string of the molecule is C1=Cc2oc3ccccc3c2C(N(c2cc(-c3cccc4ccccc34)c3ccccc3c2)c2cncc3c2oc2ccccc23)N1. The first kappa shape index (κ1) is 25.9. The second kappa shape index (κ2) is 10.1. The molecule has 0 amide bonds. The maximum absolute atomic E-state index is 6.64. The number of anilines is 2. The van der Waals surface area contributed by atoms with Crippen molar-refractivity contribution in [2.45, 2.75) is 6.17 Å². The lowest BCUT2D eigenvalue weighted by Crippen LogP contribution is -2.34. The molecule has 0 aliphatic carbocycles. The van der Waals surface area contributed by atoms with Gasteiger partial charge in [-0.1, -0.05) is 103 Å². The highest BCUT2D eigenvalue weighted by atomic mass is 16.3. The summed E-state index contributed by atoms with van der Waals surface area (Å²) in [5.41, 5.74) is 7.75. The van der Waals surface area contributed by atoms with Crippen LogP contribution in [0.5, 0.6) is 0 Å². The van der Waals surface area contributed by atoms with Gasteiger partial charge in [-0.15, -0.1) is 0 Å². The van der Waals surface area contributed by atoms with Crippen LogP contribution in [-0.2, 0) is 0 Å². The van der Waals surface area contributed by atoms with E-state index in [0.717, 1.165) is 66.6 Å². The van der Waals surface area contributed by atoms with E-state index in [0.29, 0.717) is 0 Å². The third kappa shape index (κ3) is 3.93. The molecule has 1 atom stereocenters. The van der Waals surface area contributed by atoms with E-state index in [4.69, 9.17) is 13.8 Å². The number of furan rings is 2. The Morgan fingerprint density at radius 2 is 1.26 bits per heavy atom. The summed E-state index contributed by atoms with van der Waals surface area (Å²) in [6, 6.07) is 44.7. The molecule has 47 heavy (non-hydrogen) atoms. The van der Waals surface area contributed by atoms with Crippen molar-refractivity contribution in [3.63, 3.8) is 0 Å². The monoisotopic (exact) mass is 605 g/mol. The molecule has 222 valence electrons. The molecule has 1 unspecified atom stereocenters. The number of para-hydroxylation sites is 2. The molecule has 5 nitrogen and oxygen atoms in total. The molecule has 0 saturated carbocycles. The summed E-state index contributed by atoms with van der Waals surface area (Å²) >= 11 is 0. The molecule has 1 N–H and O–H groups in total. The topological polar surface area (TPSA) is 54.4 Å². The van der Waals surface area contributed by atoms with Crippen molar-refractivity contribution in [1.29, 1.82) is 0 Å². The summed E-state index contributed by atoms with van der Waals surface area (Å²) in [4.78, 5) is 7.12. The van der Waals surface area contributed by atoms with Gasteiger partial charge in [-0.3, -0.25) is 4.98 Å². The predicted molar refractivity (Wildman–Crippen MR) is 192 cm³/mol. The van der Waals surface area contributed by atoms with E-state index in [1.807, 2.05) is 55.0 Å². The fraction of sp³-hybridized carbons (Fsp3) is 0.0238. The number of rotatable bonds is 4. The lowest BCUT2D eigenvalue weighted by atomic mass is 9.92. The van der Waals surface area contributed by atoms with Crippen molar-refractivity contribution in [3.05, 3.63) is 157 Å². The molecule has 4 heterocycles. The molecule has 10 rings (SSSR count). The quantitative estimate of drug-likeness (QED) is 0.216. The average Bonchev–Trinajstić information content (AvgIpc) is 3.71. The van der Waals surface area contributed by atoms with Crippen LogP contribution in [0.4, 0.5) is 11.4 Å². The van der Waals surface area contributed by atoms with Crippen molar-refractivity contribution in [2.75, 3.05) is 4.90 Å². The van der Waals surface area contributed by atoms with Crippen molar-refractivity contribution in [3.8, 4) is 11.1 Å². The molecular weight excluding hydrogens is 578 g/mol. The fourth-order valence-corrected chi connectivity index (χ4v) is 7.33. The Bertz CT molecular complexity index is 2690. The van der Waals surface area contributed by atoms with Crippen molar-refractivity contribution >= 4 is 71.9 Å². The van der Waals surface area contributed by atoms with Crippen LogP contribution in [0.2, 0.25) is 0 Å². The number of hydrogen-bond donors (Lipinski definition) is 1. The summed E-state index contributed by atoms with van der Waals surface area (Å²) in [6.07, 6.45) is 7.48. The van der Waals surface area contributed by atoms with Crippen LogP contribution in [0.25, 0.3) is 71.7 Å². The highest BCUT2D eigenvalue weighted by Gasteiger charge is 2.32. The highest BCUT2D eigenvalue weighted by Crippen LogP contribution is 2.47. The van der Waals surface area contributed by atoms with Gasteiger partial charge in [0.25, 0.3) is 0 Å². The summed E-state index contributed by atoms with van der Waals surface area (Å²) in [5, 5.41) is 11.5. The van der Waals surface area contributed by atoms with E-state index in [2.05, 4.69) is 107 Å². The van der Waals surface area contributed by atoms with Crippen LogP contribution in [0, 0.1) is 0 Å². The van der Waals surface area contributed by atoms with E-state index >= 15 is 0 Å². The smallest absolute Gasteiger partial charge is 0.162 e. The Morgan fingerprint density at radius 3 is 2.11 bits per heavy atom. The number of benzene rings is 6. The lowest BCUT2D eigenvalue weighted by Gasteiger charge is -2.35. The Hall–Kier alpha value is -6.33. The first-order valence-corrected chi connectivity index (χ1v) is 15.8. The Balaban J connectivity index is 1.30. The van der Waals surface area contributed by atoms with E-state index in [1.54, 1.807) is 0 Å². The fourth-order valence-electron chi connectivity index (χ4n) is 7.33. The molecule has 0 bridgehead atoms. The Kier molecular flexibility index (Phi) is 5.57. The van der Waals surface area contributed by atoms with Crippen molar-refractivity contribution < 1.29 is 8.83 Å². The zero-order valence-corrected chi connectivity index (χ0v) is 25.2. The minimum atomic E-state index is -0.319. The zero-order valence-electron chi connectivity index (χ0n) is 25.2. The summed E-state index contributed by atoms with van der Waals surface area (Å²) < 4.78 is 13.0. The van der Waals surface area contributed by atoms with E-state index in [-0.39, 0.29) is 6.17 Å². The molecule has 6 aromatic carbocycles. The minimum Gasteiger partial charge on any atom is -0.456 e. The number of nitrogens with one attached hydrogen (secondary N) is 1. The second-order valence-electron chi connectivity index (χ2n) is 12.0. The molecule has 3 aromatic heterocycles. The third-order valence-electron chi connectivity index (χ3n) is 9.41. The minimum absolute atomic E-state index is 0.319. The Morgan fingerprint density at radius 1 is 0.574 bits per heavy atom. The van der Waals surface area contributed by atoms with Gasteiger partial charge >= 0.3 is 0 Å². The van der Waals surface area contributed by atoms with E-state index in [9.17, 15) is 0 Å². The van der Waals surface area contributed by atoms with Crippen LogP contribution >= 0.6 is 0 Å². The number of pyridine rings is 1. The van der Waals surface area contributed by atoms with Crippen LogP contribution in [0.3, 0.4) is 0 Å². The molecule has 0 saturated heterocycles. The number of fused-ring (bicyclic) bond motifs is 8. The van der Waals surface area contributed by atoms with Gasteiger partial charge in [0, 0.05) is 39.8 Å². The van der Waals surface area contributed by atoms with E-state index in [1.165, 1.54) is 21.7 Å².